The van der Waals surface area contributed by atoms with Crippen molar-refractivity contribution in [3.05, 3.63) is 28.7 Å². The minimum atomic E-state index is -0.360. The second kappa shape index (κ2) is 8.62. The summed E-state index contributed by atoms with van der Waals surface area (Å²) in [5.41, 5.74) is 1.61. The zero-order chi connectivity index (χ0) is 20.4. The lowest BCUT2D eigenvalue weighted by atomic mass is 9.88. The first-order valence-corrected chi connectivity index (χ1v) is 11.0. The van der Waals surface area contributed by atoms with Crippen molar-refractivity contribution in [2.75, 3.05) is 32.1 Å². The van der Waals surface area contributed by atoms with Crippen molar-refractivity contribution in [1.82, 2.24) is 19.7 Å². The van der Waals surface area contributed by atoms with E-state index in [0.29, 0.717) is 29.1 Å². The van der Waals surface area contributed by atoms with Gasteiger partial charge in [0, 0.05) is 18.0 Å². The zero-order valence-corrected chi connectivity index (χ0v) is 17.7. The molecule has 2 aromatic rings. The predicted octanol–water partition coefficient (Wildman–Crippen LogP) is 2.53. The van der Waals surface area contributed by atoms with Crippen molar-refractivity contribution in [3.63, 3.8) is 0 Å². The molecule has 0 bridgehead atoms. The molecule has 0 saturated carbocycles. The summed E-state index contributed by atoms with van der Waals surface area (Å²) in [7, 11) is 1.39. The molecule has 1 N–H and O–H groups in total. The molecule has 9 heteroatoms. The predicted molar refractivity (Wildman–Crippen MR) is 110 cm³/mol. The highest BCUT2D eigenvalue weighted by Gasteiger charge is 2.29. The van der Waals surface area contributed by atoms with Crippen molar-refractivity contribution < 1.29 is 14.3 Å². The molecule has 3 heterocycles. The number of hydrogen-bond acceptors (Lipinski definition) is 7. The largest absolute Gasteiger partial charge is 0.465 e. The molecule has 29 heavy (non-hydrogen) atoms. The highest BCUT2D eigenvalue weighted by molar-refractivity contribution is 7.17. The molecule has 0 radical (unpaired) electrons. The van der Waals surface area contributed by atoms with E-state index in [4.69, 9.17) is 4.74 Å². The Bertz CT molecular complexity index is 871. The maximum Gasteiger partial charge on any atom is 0.341 e. The van der Waals surface area contributed by atoms with Gasteiger partial charge in [-0.2, -0.15) is 5.10 Å². The number of ether oxygens (including phenoxy) is 1. The van der Waals surface area contributed by atoms with Crippen LogP contribution < -0.4 is 5.32 Å². The molecule has 1 saturated heterocycles. The van der Waals surface area contributed by atoms with Gasteiger partial charge in [-0.25, -0.2) is 14.5 Å². The molecular weight excluding hydrogens is 390 g/mol. The summed E-state index contributed by atoms with van der Waals surface area (Å²) in [5, 5.41) is 7.85. The van der Waals surface area contributed by atoms with Crippen molar-refractivity contribution in [3.8, 4) is 0 Å². The van der Waals surface area contributed by atoms with Gasteiger partial charge in [-0.15, -0.1) is 11.3 Å². The molecule has 0 spiro atoms. The Morgan fingerprint density at radius 3 is 2.79 bits per heavy atom. The Morgan fingerprint density at radius 2 is 2.10 bits per heavy atom. The van der Waals surface area contributed by atoms with Crippen LogP contribution in [0, 0.1) is 5.92 Å². The van der Waals surface area contributed by atoms with E-state index >= 15 is 0 Å². The topological polar surface area (TPSA) is 89.4 Å². The third-order valence-corrected chi connectivity index (χ3v) is 7.06. The number of methoxy groups -OCH3 is 1. The number of carbonyl (C=O) groups excluding carboxylic acids is 2. The Morgan fingerprint density at radius 1 is 1.31 bits per heavy atom. The normalized spacial score (nSPS) is 20.3. The number of aromatic nitrogens is 3. The molecular formula is C20H27N5O3S. The summed E-state index contributed by atoms with van der Waals surface area (Å²) in [6.07, 6.45) is 8.06. The molecule has 1 amide bonds. The fraction of sp³-hybridized carbons (Fsp3) is 0.600. The van der Waals surface area contributed by atoms with Gasteiger partial charge < -0.3 is 10.1 Å². The summed E-state index contributed by atoms with van der Waals surface area (Å²) >= 11 is 1.53. The molecule has 2 aliphatic rings. The molecule has 1 unspecified atom stereocenters. The van der Waals surface area contributed by atoms with E-state index < -0.39 is 0 Å². The smallest absolute Gasteiger partial charge is 0.341 e. The highest BCUT2D eigenvalue weighted by atomic mass is 32.1. The first-order chi connectivity index (χ1) is 14.0. The van der Waals surface area contributed by atoms with E-state index in [-0.39, 0.29) is 11.9 Å². The quantitative estimate of drug-likeness (QED) is 0.752. The zero-order valence-electron chi connectivity index (χ0n) is 16.9. The number of carbonyl (C=O) groups is 2. The minimum Gasteiger partial charge on any atom is -0.465 e. The lowest BCUT2D eigenvalue weighted by molar-refractivity contribution is -0.117. The van der Waals surface area contributed by atoms with Gasteiger partial charge in [-0.3, -0.25) is 9.69 Å². The van der Waals surface area contributed by atoms with Crippen LogP contribution in [0.4, 0.5) is 5.00 Å². The van der Waals surface area contributed by atoms with Gasteiger partial charge in [-0.05, 0) is 43.6 Å². The van der Waals surface area contributed by atoms with Gasteiger partial charge in [0.1, 0.15) is 17.7 Å². The van der Waals surface area contributed by atoms with E-state index in [2.05, 4.69) is 27.2 Å². The van der Waals surface area contributed by atoms with Crippen molar-refractivity contribution in [2.45, 2.75) is 45.1 Å². The molecule has 8 nitrogen and oxygen atoms in total. The SMILES string of the molecule is COC(=O)c1c(NC(=O)CN2CCC(n3cncn3)CC2)sc2c1CCC(C)C2. The lowest BCUT2D eigenvalue weighted by Gasteiger charge is -2.31. The van der Waals surface area contributed by atoms with Crippen LogP contribution in [-0.2, 0) is 22.4 Å². The van der Waals surface area contributed by atoms with Gasteiger partial charge in [0.25, 0.3) is 0 Å². The number of thiophene rings is 1. The molecule has 156 valence electrons. The number of anilines is 1. The van der Waals surface area contributed by atoms with Gasteiger partial charge in [0.2, 0.25) is 5.91 Å². The van der Waals surface area contributed by atoms with Crippen molar-refractivity contribution in [2.24, 2.45) is 5.92 Å². The van der Waals surface area contributed by atoms with Crippen molar-refractivity contribution >= 4 is 28.2 Å². The number of nitrogens with zero attached hydrogens (tertiary/aromatic N) is 4. The first-order valence-electron chi connectivity index (χ1n) is 10.1. The van der Waals surface area contributed by atoms with Crippen molar-refractivity contribution in [1.29, 1.82) is 0 Å². The summed E-state index contributed by atoms with van der Waals surface area (Å²) in [6, 6.07) is 0.341. The molecule has 2 aromatic heterocycles. The third-order valence-electron chi connectivity index (χ3n) is 5.89. The maximum absolute atomic E-state index is 12.7. The second-order valence-electron chi connectivity index (χ2n) is 7.98. The number of hydrogen-bond donors (Lipinski definition) is 1. The van der Waals surface area contributed by atoms with Crippen LogP contribution >= 0.6 is 11.3 Å². The van der Waals surface area contributed by atoms with Crippen LogP contribution in [0.1, 0.15) is 53.0 Å². The van der Waals surface area contributed by atoms with Crippen LogP contribution in [-0.4, -0.2) is 58.3 Å². The Labute approximate surface area is 174 Å². The number of nitrogens with one attached hydrogen (secondary N) is 1. The van der Waals surface area contributed by atoms with Gasteiger partial charge in [0.05, 0.1) is 25.3 Å². The summed E-state index contributed by atoms with van der Waals surface area (Å²) < 4.78 is 6.90. The number of fused-ring (bicyclic) bond motifs is 1. The number of amides is 1. The van der Waals surface area contributed by atoms with Crippen LogP contribution in [0.25, 0.3) is 0 Å². The fourth-order valence-electron chi connectivity index (χ4n) is 4.27. The number of esters is 1. The number of piperidine rings is 1. The molecule has 1 atom stereocenters. The minimum absolute atomic E-state index is 0.0824. The average Bonchev–Trinajstić information content (AvgIpc) is 3.35. The van der Waals surface area contributed by atoms with Gasteiger partial charge in [-0.1, -0.05) is 6.92 Å². The van der Waals surface area contributed by atoms with Crippen LogP contribution in [0.15, 0.2) is 12.7 Å². The third kappa shape index (κ3) is 4.35. The standard InChI is InChI=1S/C20H27N5O3S/c1-13-3-4-15-16(9-13)29-19(18(15)20(27)28-2)23-17(26)10-24-7-5-14(6-8-24)25-12-21-11-22-25/h11-14H,3-10H2,1-2H3,(H,23,26). The second-order valence-corrected chi connectivity index (χ2v) is 9.08. The molecule has 4 rings (SSSR count). The van der Waals surface area contributed by atoms with Crippen LogP contribution in [0.3, 0.4) is 0 Å². The number of rotatable bonds is 5. The van der Waals surface area contributed by atoms with E-state index in [0.717, 1.165) is 50.8 Å². The molecule has 0 aromatic carbocycles. The Balaban J connectivity index is 1.39. The summed E-state index contributed by atoms with van der Waals surface area (Å²) in [4.78, 5) is 32.4. The molecule has 1 aliphatic carbocycles. The van der Waals surface area contributed by atoms with Gasteiger partial charge >= 0.3 is 5.97 Å². The first kappa shape index (κ1) is 20.0. The van der Waals surface area contributed by atoms with E-state index in [9.17, 15) is 9.59 Å². The average molecular weight is 418 g/mol. The van der Waals surface area contributed by atoms with E-state index in [1.807, 2.05) is 4.68 Å². The van der Waals surface area contributed by atoms with Crippen LogP contribution in [0.2, 0.25) is 0 Å². The maximum atomic E-state index is 12.7. The lowest BCUT2D eigenvalue weighted by Crippen LogP contribution is -2.39. The summed E-state index contributed by atoms with van der Waals surface area (Å²) in [5.74, 6) is 0.156. The Hall–Kier alpha value is -2.26. The fourth-order valence-corrected chi connectivity index (χ4v) is 5.69. The number of likely N-dealkylation sites (tertiary alicyclic amines) is 1. The molecule has 1 aliphatic heterocycles. The van der Waals surface area contributed by atoms with E-state index in [1.54, 1.807) is 12.7 Å². The van der Waals surface area contributed by atoms with Crippen LogP contribution in [0.5, 0.6) is 0 Å². The summed E-state index contributed by atoms with van der Waals surface area (Å²) in [6.45, 7) is 4.21. The Kier molecular flexibility index (Phi) is 5.96. The van der Waals surface area contributed by atoms with Gasteiger partial charge in [0.15, 0.2) is 0 Å². The highest BCUT2D eigenvalue weighted by Crippen LogP contribution is 2.40. The monoisotopic (exact) mass is 417 g/mol. The molecule has 1 fully saturated rings. The van der Waals surface area contributed by atoms with E-state index in [1.165, 1.54) is 23.3 Å².